The molecule has 98 valence electrons. The van der Waals surface area contributed by atoms with Gasteiger partial charge in [0.05, 0.1) is 4.34 Å². The van der Waals surface area contributed by atoms with Crippen LogP contribution in [-0.2, 0) is 13.1 Å². The van der Waals surface area contributed by atoms with Gasteiger partial charge in [0.25, 0.3) is 0 Å². The Labute approximate surface area is 117 Å². The van der Waals surface area contributed by atoms with Crippen molar-refractivity contribution in [3.8, 4) is 0 Å². The van der Waals surface area contributed by atoms with Gasteiger partial charge in [0.1, 0.15) is 5.82 Å². The predicted octanol–water partition coefficient (Wildman–Crippen LogP) is 3.33. The van der Waals surface area contributed by atoms with E-state index in [9.17, 15) is 0 Å². The van der Waals surface area contributed by atoms with E-state index in [1.807, 2.05) is 25.4 Å². The second-order valence-corrected chi connectivity index (χ2v) is 6.37. The summed E-state index contributed by atoms with van der Waals surface area (Å²) in [7, 11) is 0. The van der Waals surface area contributed by atoms with Crippen LogP contribution >= 0.6 is 22.9 Å². The molecule has 0 aliphatic carbocycles. The van der Waals surface area contributed by atoms with Crippen molar-refractivity contribution in [1.82, 2.24) is 14.9 Å². The topological polar surface area (TPSA) is 29.9 Å². The lowest BCUT2D eigenvalue weighted by atomic mass is 10.2. The highest BCUT2D eigenvalue weighted by Gasteiger charge is 2.05. The van der Waals surface area contributed by atoms with E-state index in [1.54, 1.807) is 11.3 Å². The van der Waals surface area contributed by atoms with Crippen LogP contribution in [0.3, 0.4) is 0 Å². The van der Waals surface area contributed by atoms with E-state index in [0.29, 0.717) is 5.92 Å². The van der Waals surface area contributed by atoms with Gasteiger partial charge in [0.2, 0.25) is 0 Å². The Bertz CT molecular complexity index is 492. The minimum atomic E-state index is 0.577. The fourth-order valence-corrected chi connectivity index (χ4v) is 2.94. The minimum Gasteiger partial charge on any atom is -0.335 e. The van der Waals surface area contributed by atoms with Gasteiger partial charge < -0.3 is 9.88 Å². The van der Waals surface area contributed by atoms with Crippen molar-refractivity contribution in [3.63, 3.8) is 0 Å². The zero-order valence-corrected chi connectivity index (χ0v) is 12.3. The molecule has 0 saturated carbocycles. The highest BCUT2D eigenvalue weighted by molar-refractivity contribution is 7.16. The molecule has 1 unspecified atom stereocenters. The number of halogens is 1. The Balaban J connectivity index is 1.72. The molecule has 0 fully saturated rings. The van der Waals surface area contributed by atoms with Gasteiger partial charge in [-0.25, -0.2) is 4.98 Å². The average molecular weight is 284 g/mol. The molecule has 1 atom stereocenters. The number of hydrogen-bond acceptors (Lipinski definition) is 3. The molecule has 2 aromatic rings. The second kappa shape index (κ2) is 6.36. The van der Waals surface area contributed by atoms with Crippen LogP contribution in [0, 0.1) is 12.8 Å². The summed E-state index contributed by atoms with van der Waals surface area (Å²) >= 11 is 7.53. The van der Waals surface area contributed by atoms with E-state index in [1.165, 1.54) is 4.88 Å². The number of nitrogens with zero attached hydrogens (tertiary/aromatic N) is 2. The molecule has 0 saturated heterocycles. The third-order valence-corrected chi connectivity index (χ3v) is 4.08. The maximum Gasteiger partial charge on any atom is 0.105 e. The molecule has 0 aliphatic heterocycles. The molecule has 2 heterocycles. The number of imidazole rings is 1. The summed E-state index contributed by atoms with van der Waals surface area (Å²) in [6, 6.07) is 4.02. The van der Waals surface area contributed by atoms with E-state index in [-0.39, 0.29) is 0 Å². The molecule has 0 aliphatic rings. The number of aromatic nitrogens is 2. The van der Waals surface area contributed by atoms with Crippen molar-refractivity contribution in [2.24, 2.45) is 5.92 Å². The lowest BCUT2D eigenvalue weighted by Gasteiger charge is -2.14. The van der Waals surface area contributed by atoms with E-state index in [2.05, 4.69) is 27.9 Å². The number of aryl methyl sites for hydroxylation is 1. The zero-order valence-electron chi connectivity index (χ0n) is 10.7. The van der Waals surface area contributed by atoms with Gasteiger partial charge in [-0.2, -0.15) is 0 Å². The molecule has 2 aromatic heterocycles. The fraction of sp³-hybridized carbons (Fsp3) is 0.462. The first kappa shape index (κ1) is 13.6. The van der Waals surface area contributed by atoms with Crippen molar-refractivity contribution >= 4 is 22.9 Å². The fourth-order valence-electron chi connectivity index (χ4n) is 1.89. The molecule has 0 amide bonds. The number of rotatable bonds is 6. The zero-order chi connectivity index (χ0) is 13.0. The minimum absolute atomic E-state index is 0.577. The lowest BCUT2D eigenvalue weighted by Crippen LogP contribution is -2.23. The van der Waals surface area contributed by atoms with Crippen LogP contribution in [0.15, 0.2) is 24.5 Å². The SMILES string of the molecule is Cc1nccn1CC(C)CNCc1ccc(Cl)s1. The van der Waals surface area contributed by atoms with Crippen molar-refractivity contribution in [2.75, 3.05) is 6.54 Å². The van der Waals surface area contributed by atoms with Gasteiger partial charge in [-0.3, -0.25) is 0 Å². The first-order valence-electron chi connectivity index (χ1n) is 6.08. The van der Waals surface area contributed by atoms with Crippen molar-refractivity contribution < 1.29 is 0 Å². The van der Waals surface area contributed by atoms with Crippen LogP contribution in [0.2, 0.25) is 4.34 Å². The van der Waals surface area contributed by atoms with Crippen LogP contribution in [0.5, 0.6) is 0 Å². The van der Waals surface area contributed by atoms with Crippen molar-refractivity contribution in [2.45, 2.75) is 26.9 Å². The Morgan fingerprint density at radius 3 is 2.94 bits per heavy atom. The maximum absolute atomic E-state index is 5.89. The molecule has 3 nitrogen and oxygen atoms in total. The largest absolute Gasteiger partial charge is 0.335 e. The summed E-state index contributed by atoms with van der Waals surface area (Å²) in [6.07, 6.45) is 3.88. The molecule has 0 spiro atoms. The lowest BCUT2D eigenvalue weighted by molar-refractivity contribution is 0.441. The van der Waals surface area contributed by atoms with Gasteiger partial charge in [-0.1, -0.05) is 18.5 Å². The average Bonchev–Trinajstić information content (AvgIpc) is 2.89. The molecule has 0 bridgehead atoms. The summed E-state index contributed by atoms with van der Waals surface area (Å²) in [6.45, 7) is 7.17. The Hall–Kier alpha value is -0.840. The van der Waals surface area contributed by atoms with Crippen LogP contribution in [0.25, 0.3) is 0 Å². The standard InChI is InChI=1S/C13H18ClN3S/c1-10(9-17-6-5-16-11(17)2)7-15-8-12-3-4-13(14)18-12/h3-6,10,15H,7-9H2,1-2H3. The maximum atomic E-state index is 5.89. The highest BCUT2D eigenvalue weighted by Crippen LogP contribution is 2.21. The third kappa shape index (κ3) is 3.83. The Morgan fingerprint density at radius 2 is 2.33 bits per heavy atom. The molecule has 0 aromatic carbocycles. The Morgan fingerprint density at radius 1 is 1.50 bits per heavy atom. The van der Waals surface area contributed by atoms with E-state index < -0.39 is 0 Å². The molecule has 1 N–H and O–H groups in total. The van der Waals surface area contributed by atoms with Crippen molar-refractivity contribution in [1.29, 1.82) is 0 Å². The summed E-state index contributed by atoms with van der Waals surface area (Å²) in [5.41, 5.74) is 0. The molecular formula is C13H18ClN3S. The molecule has 2 rings (SSSR count). The molecule has 18 heavy (non-hydrogen) atoms. The van der Waals surface area contributed by atoms with E-state index in [4.69, 9.17) is 11.6 Å². The first-order chi connectivity index (χ1) is 8.65. The number of hydrogen-bond donors (Lipinski definition) is 1. The van der Waals surface area contributed by atoms with Gasteiger partial charge >= 0.3 is 0 Å². The summed E-state index contributed by atoms with van der Waals surface area (Å²) in [5.74, 6) is 1.65. The van der Waals surface area contributed by atoms with Gasteiger partial charge in [0.15, 0.2) is 0 Å². The highest BCUT2D eigenvalue weighted by atomic mass is 35.5. The van der Waals surface area contributed by atoms with Crippen LogP contribution < -0.4 is 5.32 Å². The Kier molecular flexibility index (Phi) is 4.80. The van der Waals surface area contributed by atoms with Gasteiger partial charge in [-0.05, 0) is 31.5 Å². The van der Waals surface area contributed by atoms with Crippen LogP contribution in [0.1, 0.15) is 17.6 Å². The van der Waals surface area contributed by atoms with Gasteiger partial charge in [0, 0.05) is 30.4 Å². The molecule has 5 heteroatoms. The predicted molar refractivity (Wildman–Crippen MR) is 77.2 cm³/mol. The summed E-state index contributed by atoms with van der Waals surface area (Å²) in [5, 5.41) is 3.46. The first-order valence-corrected chi connectivity index (χ1v) is 7.27. The van der Waals surface area contributed by atoms with E-state index in [0.717, 1.165) is 29.8 Å². The van der Waals surface area contributed by atoms with Crippen molar-refractivity contribution in [3.05, 3.63) is 39.6 Å². The quantitative estimate of drug-likeness (QED) is 0.881. The summed E-state index contributed by atoms with van der Waals surface area (Å²) in [4.78, 5) is 5.51. The van der Waals surface area contributed by atoms with Crippen LogP contribution in [-0.4, -0.2) is 16.1 Å². The normalized spacial score (nSPS) is 12.8. The second-order valence-electron chi connectivity index (χ2n) is 4.57. The molecular weight excluding hydrogens is 266 g/mol. The third-order valence-electron chi connectivity index (χ3n) is 2.85. The number of nitrogens with one attached hydrogen (secondary N) is 1. The summed E-state index contributed by atoms with van der Waals surface area (Å²) < 4.78 is 3.04. The van der Waals surface area contributed by atoms with E-state index >= 15 is 0 Å². The van der Waals surface area contributed by atoms with Crippen LogP contribution in [0.4, 0.5) is 0 Å². The monoisotopic (exact) mass is 283 g/mol. The smallest absolute Gasteiger partial charge is 0.105 e. The number of thiophene rings is 1. The van der Waals surface area contributed by atoms with Gasteiger partial charge in [-0.15, -0.1) is 11.3 Å². The molecule has 0 radical (unpaired) electrons.